The number of nitrogens with one attached hydrogen (secondary N) is 1. The van der Waals surface area contributed by atoms with E-state index in [-0.39, 0.29) is 16.9 Å². The molecule has 2 aromatic rings. The van der Waals surface area contributed by atoms with Gasteiger partial charge in [-0.15, -0.1) is 0 Å². The van der Waals surface area contributed by atoms with Gasteiger partial charge in [-0.2, -0.15) is 4.72 Å². The average molecular weight is 378 g/mol. The molecule has 0 spiro atoms. The largest absolute Gasteiger partial charge is 0.480 e. The molecule has 0 saturated heterocycles. The van der Waals surface area contributed by atoms with E-state index in [1.165, 1.54) is 12.1 Å². The van der Waals surface area contributed by atoms with Crippen LogP contribution in [0.3, 0.4) is 0 Å². The molecule has 26 heavy (non-hydrogen) atoms. The number of hydrogen-bond donors (Lipinski definition) is 2. The number of nitrogens with zero attached hydrogens (tertiary/aromatic N) is 1. The van der Waals surface area contributed by atoms with Crippen molar-refractivity contribution in [2.45, 2.75) is 57.0 Å². The molecule has 1 aliphatic rings. The number of aryl methyl sites for hydroxylation is 3. The molecule has 2 heterocycles. The highest BCUT2D eigenvalue weighted by Gasteiger charge is 2.27. The summed E-state index contributed by atoms with van der Waals surface area (Å²) in [6, 6.07) is 3.42. The van der Waals surface area contributed by atoms with Crippen molar-refractivity contribution in [3.63, 3.8) is 0 Å². The maximum Gasteiger partial charge on any atom is 0.321 e. The summed E-state index contributed by atoms with van der Waals surface area (Å²) in [4.78, 5) is 23.5. The highest BCUT2D eigenvalue weighted by atomic mass is 32.2. The Morgan fingerprint density at radius 1 is 1.35 bits per heavy atom. The number of aromatic nitrogens is 1. The molecule has 2 N–H and O–H groups in total. The van der Waals surface area contributed by atoms with Gasteiger partial charge in [0.15, 0.2) is 0 Å². The second-order valence-electron chi connectivity index (χ2n) is 6.70. The maximum absolute atomic E-state index is 12.8. The first-order valence-electron chi connectivity index (χ1n) is 8.67. The zero-order chi connectivity index (χ0) is 19.1. The predicted octanol–water partition coefficient (Wildman–Crippen LogP) is 1.79. The van der Waals surface area contributed by atoms with Gasteiger partial charge in [-0.05, 0) is 43.0 Å². The van der Waals surface area contributed by atoms with Gasteiger partial charge in [0.25, 0.3) is 5.56 Å². The smallest absolute Gasteiger partial charge is 0.321 e. The van der Waals surface area contributed by atoms with Crippen molar-refractivity contribution in [2.24, 2.45) is 0 Å². The van der Waals surface area contributed by atoms with E-state index >= 15 is 0 Å². The van der Waals surface area contributed by atoms with Crippen LogP contribution in [0.5, 0.6) is 0 Å². The van der Waals surface area contributed by atoms with Crippen molar-refractivity contribution in [1.82, 2.24) is 9.29 Å². The molecule has 8 heteroatoms. The van der Waals surface area contributed by atoms with Crippen LogP contribution in [-0.4, -0.2) is 30.1 Å². The number of carboxylic acids is 1. The molecule has 1 atom stereocenters. The first-order chi connectivity index (χ1) is 12.2. The Hall–Kier alpha value is -2.19. The molecular weight excluding hydrogens is 356 g/mol. The van der Waals surface area contributed by atoms with Crippen LogP contribution in [0, 0.1) is 6.92 Å². The molecule has 140 valence electrons. The fourth-order valence-electron chi connectivity index (χ4n) is 3.43. The molecule has 0 radical (unpaired) electrons. The van der Waals surface area contributed by atoms with Gasteiger partial charge in [0.05, 0.1) is 10.4 Å². The monoisotopic (exact) mass is 378 g/mol. The van der Waals surface area contributed by atoms with E-state index in [2.05, 4.69) is 4.72 Å². The van der Waals surface area contributed by atoms with Crippen LogP contribution in [0.15, 0.2) is 27.9 Å². The number of benzene rings is 1. The highest BCUT2D eigenvalue weighted by molar-refractivity contribution is 7.89. The summed E-state index contributed by atoms with van der Waals surface area (Å²) in [6.07, 6.45) is 2.22. The van der Waals surface area contributed by atoms with Crippen molar-refractivity contribution in [3.8, 4) is 0 Å². The molecule has 7 nitrogen and oxygen atoms in total. The van der Waals surface area contributed by atoms with Gasteiger partial charge in [0.2, 0.25) is 10.0 Å². The molecule has 1 aromatic carbocycles. The Bertz CT molecular complexity index is 1040. The van der Waals surface area contributed by atoms with Crippen LogP contribution in [-0.2, 0) is 27.8 Å². The number of carboxylic acid groups (broad SMARTS) is 1. The van der Waals surface area contributed by atoms with Crippen LogP contribution in [0.4, 0.5) is 0 Å². The molecule has 0 unspecified atom stereocenters. The number of pyridine rings is 1. The molecule has 0 fully saturated rings. The van der Waals surface area contributed by atoms with Crippen LogP contribution >= 0.6 is 0 Å². The first kappa shape index (κ1) is 18.6. The van der Waals surface area contributed by atoms with Gasteiger partial charge in [-0.25, -0.2) is 8.42 Å². The number of hydrogen-bond acceptors (Lipinski definition) is 4. The Morgan fingerprint density at radius 3 is 2.73 bits per heavy atom. The van der Waals surface area contributed by atoms with E-state index in [4.69, 9.17) is 0 Å². The average Bonchev–Trinajstić information content (AvgIpc) is 3.00. The topological polar surface area (TPSA) is 105 Å². The number of unbranched alkanes of at least 4 members (excludes halogenated alkanes) is 1. The van der Waals surface area contributed by atoms with E-state index < -0.39 is 22.0 Å². The summed E-state index contributed by atoms with van der Waals surface area (Å²) in [5.74, 6) is -1.18. The standard InChI is InChI=1S/C18H22N2O5S/c1-3-4-5-15(18(22)23)19-26(24,25)13-9-12-6-7-20-16(21)8-11(2)14(10-13)17(12)20/h8-10,15,19H,3-7H2,1-2H3,(H,22,23)/t15-/m0/s1. The quantitative estimate of drug-likeness (QED) is 0.764. The van der Waals surface area contributed by atoms with E-state index in [1.807, 2.05) is 6.92 Å². The maximum atomic E-state index is 12.8. The molecule has 1 aromatic heterocycles. The lowest BCUT2D eigenvalue weighted by Crippen LogP contribution is -2.40. The van der Waals surface area contributed by atoms with Crippen molar-refractivity contribution < 1.29 is 18.3 Å². The van der Waals surface area contributed by atoms with Gasteiger partial charge in [-0.3, -0.25) is 9.59 Å². The molecule has 1 aliphatic heterocycles. The molecule has 0 amide bonds. The van der Waals surface area contributed by atoms with Gasteiger partial charge in [0, 0.05) is 18.0 Å². The summed E-state index contributed by atoms with van der Waals surface area (Å²) in [5, 5.41) is 10.0. The fourth-order valence-corrected chi connectivity index (χ4v) is 4.73. The summed E-state index contributed by atoms with van der Waals surface area (Å²) < 4.78 is 29.5. The molecule has 3 rings (SSSR count). The van der Waals surface area contributed by atoms with Crippen LogP contribution in [0.25, 0.3) is 10.9 Å². The third-order valence-electron chi connectivity index (χ3n) is 4.82. The fraction of sp³-hybridized carbons (Fsp3) is 0.444. The summed E-state index contributed by atoms with van der Waals surface area (Å²) in [5.41, 5.74) is 2.19. The van der Waals surface area contributed by atoms with Crippen LogP contribution in [0.2, 0.25) is 0 Å². The van der Waals surface area contributed by atoms with Crippen LogP contribution < -0.4 is 10.3 Å². The van der Waals surface area contributed by atoms with E-state index in [0.29, 0.717) is 30.3 Å². The lowest BCUT2D eigenvalue weighted by molar-refractivity contribution is -0.139. The number of rotatable bonds is 7. The van der Waals surface area contributed by atoms with Gasteiger partial charge < -0.3 is 9.67 Å². The van der Waals surface area contributed by atoms with Crippen molar-refractivity contribution >= 4 is 26.9 Å². The lowest BCUT2D eigenvalue weighted by atomic mass is 10.1. The zero-order valence-corrected chi connectivity index (χ0v) is 15.6. The lowest BCUT2D eigenvalue weighted by Gasteiger charge is -2.16. The van der Waals surface area contributed by atoms with Gasteiger partial charge in [-0.1, -0.05) is 19.8 Å². The summed E-state index contributed by atoms with van der Waals surface area (Å²) in [7, 11) is -3.98. The van der Waals surface area contributed by atoms with Crippen molar-refractivity contribution in [2.75, 3.05) is 0 Å². The van der Waals surface area contributed by atoms with E-state index in [9.17, 15) is 23.1 Å². The SMILES string of the molecule is CCCC[C@H](NS(=O)(=O)c1cc2c3c(c1)c(C)cc(=O)n3CC2)C(=O)O. The predicted molar refractivity (Wildman–Crippen MR) is 97.9 cm³/mol. The second kappa shape index (κ2) is 6.85. The third-order valence-corrected chi connectivity index (χ3v) is 6.27. The first-order valence-corrected chi connectivity index (χ1v) is 10.1. The Balaban J connectivity index is 2.06. The normalized spacial score (nSPS) is 14.7. The van der Waals surface area contributed by atoms with E-state index in [1.54, 1.807) is 17.6 Å². The molecular formula is C18H22N2O5S. The number of carbonyl (C=O) groups is 1. The minimum absolute atomic E-state index is 0.0398. The number of sulfonamides is 1. The highest BCUT2D eigenvalue weighted by Crippen LogP contribution is 2.29. The third kappa shape index (κ3) is 3.26. The Labute approximate surface area is 151 Å². The summed E-state index contributed by atoms with van der Waals surface area (Å²) >= 11 is 0. The minimum Gasteiger partial charge on any atom is -0.480 e. The Morgan fingerprint density at radius 2 is 2.08 bits per heavy atom. The number of aliphatic carboxylic acids is 1. The van der Waals surface area contributed by atoms with E-state index in [0.717, 1.165) is 17.5 Å². The summed E-state index contributed by atoms with van der Waals surface area (Å²) in [6.45, 7) is 4.21. The molecule has 0 saturated carbocycles. The minimum atomic E-state index is -3.98. The Kier molecular flexibility index (Phi) is 4.90. The zero-order valence-electron chi connectivity index (χ0n) is 14.8. The van der Waals surface area contributed by atoms with Crippen LogP contribution in [0.1, 0.15) is 37.3 Å². The molecule has 0 aliphatic carbocycles. The van der Waals surface area contributed by atoms with Crippen molar-refractivity contribution in [1.29, 1.82) is 0 Å². The van der Waals surface area contributed by atoms with Gasteiger partial charge >= 0.3 is 5.97 Å². The molecule has 0 bridgehead atoms. The van der Waals surface area contributed by atoms with Gasteiger partial charge in [0.1, 0.15) is 6.04 Å². The second-order valence-corrected chi connectivity index (χ2v) is 8.41. The van der Waals surface area contributed by atoms with Crippen molar-refractivity contribution in [3.05, 3.63) is 39.7 Å².